The Morgan fingerprint density at radius 1 is 1.18 bits per heavy atom. The minimum Gasteiger partial charge on any atom is -0.378 e. The Kier molecular flexibility index (Phi) is 4.63. The molecule has 1 saturated heterocycles. The molecule has 2 heterocycles. The Hall–Kier alpha value is -1.60. The number of rotatable bonds is 4. The summed E-state index contributed by atoms with van der Waals surface area (Å²) < 4.78 is 20.4. The summed E-state index contributed by atoms with van der Waals surface area (Å²) in [5, 5.41) is 9.64. The van der Waals surface area contributed by atoms with Crippen molar-refractivity contribution in [2.75, 3.05) is 31.2 Å². The second-order valence-electron chi connectivity index (χ2n) is 5.25. The zero-order chi connectivity index (χ0) is 15.5. The molecule has 0 saturated carbocycles. The monoisotopic (exact) mass is 322 g/mol. The molecule has 1 unspecified atom stereocenters. The molecule has 1 aliphatic heterocycles. The number of hydrogen-bond donors (Lipinski definition) is 0. The SMILES string of the molecule is CC(Sc1nnc(N2CCOCC2)n1C)c1ccc(F)cc1. The third-order valence-electron chi connectivity index (χ3n) is 3.73. The van der Waals surface area contributed by atoms with Crippen LogP contribution in [0.4, 0.5) is 10.3 Å². The Balaban J connectivity index is 1.72. The first-order valence-electron chi connectivity index (χ1n) is 7.29. The number of nitrogens with zero attached hydrogens (tertiary/aromatic N) is 4. The standard InChI is InChI=1S/C15H19FN4OS/c1-11(12-3-5-13(16)6-4-12)22-15-18-17-14(19(15)2)20-7-9-21-10-8-20/h3-6,11H,7-10H2,1-2H3. The molecule has 0 spiro atoms. The fourth-order valence-electron chi connectivity index (χ4n) is 2.41. The molecular formula is C15H19FN4OS. The molecule has 1 aromatic heterocycles. The van der Waals surface area contributed by atoms with Gasteiger partial charge < -0.3 is 9.64 Å². The van der Waals surface area contributed by atoms with E-state index in [0.29, 0.717) is 0 Å². The van der Waals surface area contributed by atoms with Gasteiger partial charge in [0.05, 0.1) is 13.2 Å². The third-order valence-corrected chi connectivity index (χ3v) is 4.92. The second kappa shape index (κ2) is 6.66. The maximum Gasteiger partial charge on any atom is 0.227 e. The summed E-state index contributed by atoms with van der Waals surface area (Å²) in [5.41, 5.74) is 1.07. The minimum atomic E-state index is -0.214. The molecule has 0 N–H and O–H groups in total. The number of anilines is 1. The Labute approximate surface area is 133 Å². The molecule has 1 aromatic carbocycles. The number of benzene rings is 1. The summed E-state index contributed by atoms with van der Waals surface area (Å²) in [7, 11) is 1.98. The average molecular weight is 322 g/mol. The largest absolute Gasteiger partial charge is 0.378 e. The molecule has 1 fully saturated rings. The summed E-state index contributed by atoms with van der Waals surface area (Å²) in [6, 6.07) is 6.60. The molecule has 0 radical (unpaired) electrons. The maximum absolute atomic E-state index is 13.0. The molecule has 0 amide bonds. The first-order chi connectivity index (χ1) is 10.6. The van der Waals surface area contributed by atoms with Gasteiger partial charge in [-0.3, -0.25) is 4.57 Å². The van der Waals surface area contributed by atoms with Gasteiger partial charge in [0.1, 0.15) is 5.82 Å². The van der Waals surface area contributed by atoms with E-state index in [-0.39, 0.29) is 11.1 Å². The molecule has 1 aliphatic rings. The van der Waals surface area contributed by atoms with Gasteiger partial charge in [0.2, 0.25) is 5.95 Å². The van der Waals surface area contributed by atoms with E-state index in [1.165, 1.54) is 12.1 Å². The Morgan fingerprint density at radius 2 is 1.86 bits per heavy atom. The van der Waals surface area contributed by atoms with Crippen molar-refractivity contribution in [1.29, 1.82) is 0 Å². The summed E-state index contributed by atoms with van der Waals surface area (Å²) in [5.74, 6) is 0.659. The van der Waals surface area contributed by atoms with Crippen molar-refractivity contribution in [2.24, 2.45) is 7.05 Å². The highest BCUT2D eigenvalue weighted by atomic mass is 32.2. The molecule has 0 aliphatic carbocycles. The number of hydrogen-bond acceptors (Lipinski definition) is 5. The van der Waals surface area contributed by atoms with Crippen LogP contribution in [0.25, 0.3) is 0 Å². The summed E-state index contributed by atoms with van der Waals surface area (Å²) in [6.45, 7) is 5.21. The van der Waals surface area contributed by atoms with E-state index in [2.05, 4.69) is 22.0 Å². The number of ether oxygens (including phenoxy) is 1. The van der Waals surface area contributed by atoms with Crippen LogP contribution in [0.5, 0.6) is 0 Å². The highest BCUT2D eigenvalue weighted by Gasteiger charge is 2.20. The van der Waals surface area contributed by atoms with Gasteiger partial charge in [-0.05, 0) is 24.6 Å². The first kappa shape index (κ1) is 15.3. The number of aromatic nitrogens is 3. The fraction of sp³-hybridized carbons (Fsp3) is 0.467. The molecule has 1 atom stereocenters. The lowest BCUT2D eigenvalue weighted by atomic mass is 10.2. The lowest BCUT2D eigenvalue weighted by molar-refractivity contribution is 0.121. The number of halogens is 1. The van der Waals surface area contributed by atoms with Crippen LogP contribution >= 0.6 is 11.8 Å². The van der Waals surface area contributed by atoms with Crippen LogP contribution in [0.1, 0.15) is 17.7 Å². The third kappa shape index (κ3) is 3.25. The smallest absolute Gasteiger partial charge is 0.227 e. The van der Waals surface area contributed by atoms with Crippen molar-refractivity contribution >= 4 is 17.7 Å². The van der Waals surface area contributed by atoms with E-state index < -0.39 is 0 Å². The van der Waals surface area contributed by atoms with E-state index >= 15 is 0 Å². The lowest BCUT2D eigenvalue weighted by Crippen LogP contribution is -2.37. The van der Waals surface area contributed by atoms with Gasteiger partial charge in [0.15, 0.2) is 5.16 Å². The lowest BCUT2D eigenvalue weighted by Gasteiger charge is -2.27. The van der Waals surface area contributed by atoms with Crippen LogP contribution in [-0.2, 0) is 11.8 Å². The van der Waals surface area contributed by atoms with Gasteiger partial charge >= 0.3 is 0 Å². The molecule has 0 bridgehead atoms. The molecule has 22 heavy (non-hydrogen) atoms. The van der Waals surface area contributed by atoms with Crippen molar-refractivity contribution in [3.8, 4) is 0 Å². The van der Waals surface area contributed by atoms with E-state index in [1.54, 1.807) is 11.8 Å². The Bertz CT molecular complexity index is 625. The van der Waals surface area contributed by atoms with E-state index in [9.17, 15) is 4.39 Å². The molecular weight excluding hydrogens is 303 g/mol. The van der Waals surface area contributed by atoms with E-state index in [0.717, 1.165) is 43.0 Å². The highest BCUT2D eigenvalue weighted by Crippen LogP contribution is 2.34. The van der Waals surface area contributed by atoms with Crippen molar-refractivity contribution in [2.45, 2.75) is 17.3 Å². The zero-order valence-electron chi connectivity index (χ0n) is 12.7. The fourth-order valence-corrected chi connectivity index (χ4v) is 3.35. The minimum absolute atomic E-state index is 0.182. The van der Waals surface area contributed by atoms with Gasteiger partial charge in [0.25, 0.3) is 0 Å². The quantitative estimate of drug-likeness (QED) is 0.810. The normalized spacial score (nSPS) is 16.8. The van der Waals surface area contributed by atoms with Gasteiger partial charge in [-0.1, -0.05) is 23.9 Å². The van der Waals surface area contributed by atoms with Crippen LogP contribution in [0, 0.1) is 5.82 Å². The summed E-state index contributed by atoms with van der Waals surface area (Å²) in [6.07, 6.45) is 0. The van der Waals surface area contributed by atoms with Crippen LogP contribution in [0.3, 0.4) is 0 Å². The van der Waals surface area contributed by atoms with Crippen molar-refractivity contribution < 1.29 is 9.13 Å². The number of morpholine rings is 1. The van der Waals surface area contributed by atoms with E-state index in [4.69, 9.17) is 4.74 Å². The predicted octanol–water partition coefficient (Wildman–Crippen LogP) is 2.64. The van der Waals surface area contributed by atoms with Crippen LogP contribution in [0.2, 0.25) is 0 Å². The molecule has 118 valence electrons. The number of thioether (sulfide) groups is 1. The van der Waals surface area contributed by atoms with Crippen molar-refractivity contribution in [3.63, 3.8) is 0 Å². The highest BCUT2D eigenvalue weighted by molar-refractivity contribution is 7.99. The van der Waals surface area contributed by atoms with Crippen molar-refractivity contribution in [1.82, 2.24) is 14.8 Å². The van der Waals surface area contributed by atoms with Gasteiger partial charge in [0, 0.05) is 25.4 Å². The van der Waals surface area contributed by atoms with Crippen molar-refractivity contribution in [3.05, 3.63) is 35.6 Å². The van der Waals surface area contributed by atoms with E-state index in [1.807, 2.05) is 23.7 Å². The predicted molar refractivity (Wildman–Crippen MR) is 84.7 cm³/mol. The Morgan fingerprint density at radius 3 is 2.55 bits per heavy atom. The second-order valence-corrected chi connectivity index (χ2v) is 6.56. The summed E-state index contributed by atoms with van der Waals surface area (Å²) >= 11 is 1.62. The van der Waals surface area contributed by atoms with Gasteiger partial charge in [-0.2, -0.15) is 0 Å². The van der Waals surface area contributed by atoms with Gasteiger partial charge in [-0.25, -0.2) is 4.39 Å². The topological polar surface area (TPSA) is 43.2 Å². The van der Waals surface area contributed by atoms with Gasteiger partial charge in [-0.15, -0.1) is 10.2 Å². The summed E-state index contributed by atoms with van der Waals surface area (Å²) in [4.78, 5) is 2.18. The zero-order valence-corrected chi connectivity index (χ0v) is 13.5. The first-order valence-corrected chi connectivity index (χ1v) is 8.17. The molecule has 7 heteroatoms. The van der Waals surface area contributed by atoms with Crippen LogP contribution in [0.15, 0.2) is 29.4 Å². The maximum atomic E-state index is 13.0. The van der Waals surface area contributed by atoms with Crippen LogP contribution < -0.4 is 4.90 Å². The molecule has 5 nitrogen and oxygen atoms in total. The van der Waals surface area contributed by atoms with Crippen LogP contribution in [-0.4, -0.2) is 41.1 Å². The molecule has 2 aromatic rings. The average Bonchev–Trinajstić information content (AvgIpc) is 2.90. The molecule has 3 rings (SSSR count).